The van der Waals surface area contributed by atoms with Gasteiger partial charge in [0.1, 0.15) is 9.84 Å². The van der Waals surface area contributed by atoms with Crippen molar-refractivity contribution in [1.29, 1.82) is 0 Å². The van der Waals surface area contributed by atoms with Crippen molar-refractivity contribution >= 4 is 27.1 Å². The highest BCUT2D eigenvalue weighted by molar-refractivity contribution is 7.90. The van der Waals surface area contributed by atoms with Crippen LogP contribution in [0.2, 0.25) is 5.02 Å². The minimum atomic E-state index is -2.86. The molecule has 0 atom stereocenters. The van der Waals surface area contributed by atoms with E-state index in [-0.39, 0.29) is 5.75 Å². The maximum absolute atomic E-state index is 10.9. The van der Waals surface area contributed by atoms with Crippen molar-refractivity contribution in [3.8, 4) is 0 Å². The molecule has 1 aromatic rings. The molecule has 0 spiro atoms. The predicted molar refractivity (Wildman–Crippen MR) is 64.3 cm³/mol. The molecule has 84 valence electrons. The molecule has 0 radical (unpaired) electrons. The van der Waals surface area contributed by atoms with Crippen molar-refractivity contribution < 1.29 is 8.42 Å². The van der Waals surface area contributed by atoms with Gasteiger partial charge in [0.15, 0.2) is 0 Å². The molecule has 3 nitrogen and oxygen atoms in total. The first kappa shape index (κ1) is 12.3. The van der Waals surface area contributed by atoms with Crippen molar-refractivity contribution in [2.45, 2.75) is 6.42 Å². The third kappa shape index (κ3) is 5.04. The van der Waals surface area contributed by atoms with Crippen LogP contribution < -0.4 is 5.32 Å². The molecule has 0 aliphatic rings. The molecule has 0 saturated heterocycles. The molecule has 0 fully saturated rings. The number of anilines is 1. The summed E-state index contributed by atoms with van der Waals surface area (Å²) in [5.41, 5.74) is 0.840. The minimum Gasteiger partial charge on any atom is -0.384 e. The number of para-hydroxylation sites is 1. The van der Waals surface area contributed by atoms with Gasteiger partial charge in [-0.3, -0.25) is 0 Å². The maximum atomic E-state index is 10.9. The van der Waals surface area contributed by atoms with Crippen LogP contribution in [0.4, 0.5) is 5.69 Å². The number of hydrogen-bond donors (Lipinski definition) is 1. The number of halogens is 1. The Morgan fingerprint density at radius 1 is 1.33 bits per heavy atom. The Hall–Kier alpha value is -0.740. The van der Waals surface area contributed by atoms with Gasteiger partial charge in [0.2, 0.25) is 0 Å². The summed E-state index contributed by atoms with van der Waals surface area (Å²) in [6.07, 6.45) is 1.83. The van der Waals surface area contributed by atoms with E-state index < -0.39 is 9.84 Å². The molecule has 0 unspecified atom stereocenters. The number of sulfone groups is 1. The van der Waals surface area contributed by atoms with Gasteiger partial charge < -0.3 is 5.32 Å². The summed E-state index contributed by atoms with van der Waals surface area (Å²) in [5.74, 6) is 0.199. The molecule has 1 N–H and O–H groups in total. The smallest absolute Gasteiger partial charge is 0.147 e. The highest BCUT2D eigenvalue weighted by Crippen LogP contribution is 2.19. The Kier molecular flexibility index (Phi) is 4.42. The van der Waals surface area contributed by atoms with E-state index in [9.17, 15) is 8.42 Å². The number of nitrogens with one attached hydrogen (secondary N) is 1. The summed E-state index contributed by atoms with van der Waals surface area (Å²) < 4.78 is 21.7. The van der Waals surface area contributed by atoms with Crippen LogP contribution in [0.25, 0.3) is 0 Å². The van der Waals surface area contributed by atoms with Gasteiger partial charge in [-0.05, 0) is 18.6 Å². The largest absolute Gasteiger partial charge is 0.384 e. The third-order valence-corrected chi connectivity index (χ3v) is 3.24. The van der Waals surface area contributed by atoms with Crippen LogP contribution in [0.1, 0.15) is 6.42 Å². The number of rotatable bonds is 5. The van der Waals surface area contributed by atoms with Gasteiger partial charge in [0.25, 0.3) is 0 Å². The summed E-state index contributed by atoms with van der Waals surface area (Å²) in [4.78, 5) is 0. The fourth-order valence-corrected chi connectivity index (χ4v) is 2.03. The lowest BCUT2D eigenvalue weighted by atomic mass is 10.3. The molecule has 15 heavy (non-hydrogen) atoms. The second-order valence-corrected chi connectivity index (χ2v) is 6.06. The summed E-state index contributed by atoms with van der Waals surface area (Å²) in [5, 5.41) is 3.74. The molecular weight excluding hydrogens is 234 g/mol. The third-order valence-electron chi connectivity index (χ3n) is 1.88. The van der Waals surface area contributed by atoms with E-state index in [4.69, 9.17) is 11.6 Å². The van der Waals surface area contributed by atoms with E-state index in [1.807, 2.05) is 18.2 Å². The van der Waals surface area contributed by atoms with Gasteiger partial charge in [0, 0.05) is 12.8 Å². The Morgan fingerprint density at radius 2 is 2.00 bits per heavy atom. The second-order valence-electron chi connectivity index (χ2n) is 3.39. The van der Waals surface area contributed by atoms with Gasteiger partial charge in [0.05, 0.1) is 16.5 Å². The Morgan fingerprint density at radius 3 is 2.60 bits per heavy atom. The topological polar surface area (TPSA) is 46.2 Å². The van der Waals surface area contributed by atoms with E-state index in [2.05, 4.69) is 5.32 Å². The van der Waals surface area contributed by atoms with Crippen molar-refractivity contribution in [3.05, 3.63) is 29.3 Å². The van der Waals surface area contributed by atoms with E-state index in [1.165, 1.54) is 6.26 Å². The number of benzene rings is 1. The van der Waals surface area contributed by atoms with Gasteiger partial charge in [-0.15, -0.1) is 0 Å². The molecular formula is C10H14ClNO2S. The molecule has 5 heteroatoms. The fourth-order valence-electron chi connectivity index (χ4n) is 1.16. The minimum absolute atomic E-state index is 0.199. The van der Waals surface area contributed by atoms with Crippen LogP contribution in [-0.2, 0) is 9.84 Å². The SMILES string of the molecule is CS(=O)(=O)CCCNc1ccccc1Cl. The Balaban J connectivity index is 2.36. The summed E-state index contributed by atoms with van der Waals surface area (Å²) in [7, 11) is -2.86. The number of hydrogen-bond acceptors (Lipinski definition) is 3. The summed E-state index contributed by atoms with van der Waals surface area (Å²) in [6, 6.07) is 7.39. The van der Waals surface area contributed by atoms with E-state index in [0.717, 1.165) is 5.69 Å². The first-order valence-electron chi connectivity index (χ1n) is 4.65. The van der Waals surface area contributed by atoms with Crippen LogP contribution in [0.3, 0.4) is 0 Å². The van der Waals surface area contributed by atoms with Crippen LogP contribution in [0, 0.1) is 0 Å². The highest BCUT2D eigenvalue weighted by Gasteiger charge is 2.02. The van der Waals surface area contributed by atoms with Crippen LogP contribution in [0.5, 0.6) is 0 Å². The van der Waals surface area contributed by atoms with Crippen LogP contribution in [0.15, 0.2) is 24.3 Å². The van der Waals surface area contributed by atoms with Crippen LogP contribution >= 0.6 is 11.6 Å². The first-order valence-corrected chi connectivity index (χ1v) is 7.09. The zero-order valence-corrected chi connectivity index (χ0v) is 10.1. The normalized spacial score (nSPS) is 11.3. The molecule has 0 saturated carbocycles. The lowest BCUT2D eigenvalue weighted by Crippen LogP contribution is -2.09. The molecule has 0 aliphatic heterocycles. The molecule has 1 rings (SSSR count). The van der Waals surface area contributed by atoms with Crippen molar-refractivity contribution in [3.63, 3.8) is 0 Å². The Labute approximate surface area is 95.4 Å². The lowest BCUT2D eigenvalue weighted by Gasteiger charge is -2.07. The molecule has 0 bridgehead atoms. The van der Waals surface area contributed by atoms with Crippen molar-refractivity contribution in [1.82, 2.24) is 0 Å². The van der Waals surface area contributed by atoms with E-state index in [0.29, 0.717) is 18.0 Å². The predicted octanol–water partition coefficient (Wildman–Crippen LogP) is 2.19. The van der Waals surface area contributed by atoms with Gasteiger partial charge in [-0.25, -0.2) is 8.42 Å². The van der Waals surface area contributed by atoms with Crippen molar-refractivity contribution in [2.75, 3.05) is 23.9 Å². The standard InChI is InChI=1S/C10H14ClNO2S/c1-15(13,14)8-4-7-12-10-6-3-2-5-9(10)11/h2-3,5-6,12H,4,7-8H2,1H3. The van der Waals surface area contributed by atoms with Gasteiger partial charge in [-0.2, -0.15) is 0 Å². The highest BCUT2D eigenvalue weighted by atomic mass is 35.5. The molecule has 1 aromatic carbocycles. The average Bonchev–Trinajstić information content (AvgIpc) is 2.13. The second kappa shape index (κ2) is 5.37. The summed E-state index contributed by atoms with van der Waals surface area (Å²) in [6.45, 7) is 0.608. The summed E-state index contributed by atoms with van der Waals surface area (Å²) >= 11 is 5.91. The lowest BCUT2D eigenvalue weighted by molar-refractivity contribution is 0.600. The molecule has 0 amide bonds. The average molecular weight is 248 g/mol. The molecule has 0 aromatic heterocycles. The zero-order chi connectivity index (χ0) is 11.3. The quantitative estimate of drug-likeness (QED) is 0.812. The fraction of sp³-hybridized carbons (Fsp3) is 0.400. The van der Waals surface area contributed by atoms with Gasteiger partial charge >= 0.3 is 0 Å². The first-order chi connectivity index (χ1) is 6.99. The Bertz CT molecular complexity index is 417. The zero-order valence-electron chi connectivity index (χ0n) is 8.53. The van der Waals surface area contributed by atoms with Crippen molar-refractivity contribution in [2.24, 2.45) is 0 Å². The maximum Gasteiger partial charge on any atom is 0.147 e. The monoisotopic (exact) mass is 247 g/mol. The van der Waals surface area contributed by atoms with E-state index in [1.54, 1.807) is 6.07 Å². The van der Waals surface area contributed by atoms with Gasteiger partial charge in [-0.1, -0.05) is 23.7 Å². The van der Waals surface area contributed by atoms with Crippen LogP contribution in [-0.4, -0.2) is 27.0 Å². The molecule has 0 heterocycles. The van der Waals surface area contributed by atoms with E-state index >= 15 is 0 Å². The molecule has 0 aliphatic carbocycles.